The molecule has 0 aromatic heterocycles. The predicted octanol–water partition coefficient (Wildman–Crippen LogP) is 3.43. The summed E-state index contributed by atoms with van der Waals surface area (Å²) in [5.41, 5.74) is -1.01. The van der Waals surface area contributed by atoms with Crippen LogP contribution in [0.15, 0.2) is 12.7 Å². The second kappa shape index (κ2) is 8.19. The minimum absolute atomic E-state index is 0.310. The molecule has 4 aliphatic carbocycles. The van der Waals surface area contributed by atoms with E-state index in [1.165, 1.54) is 0 Å². The molecular weight excluding hydrogens is 412 g/mol. The molecule has 0 amide bonds. The van der Waals surface area contributed by atoms with Crippen LogP contribution in [-0.4, -0.2) is 48.6 Å². The van der Waals surface area contributed by atoms with Crippen molar-refractivity contribution < 1.29 is 46.2 Å². The van der Waals surface area contributed by atoms with Gasteiger partial charge in [-0.2, -0.15) is 17.6 Å². The van der Waals surface area contributed by atoms with E-state index in [4.69, 9.17) is 4.74 Å². The molecule has 4 saturated carbocycles. The first-order chi connectivity index (χ1) is 13.9. The highest BCUT2D eigenvalue weighted by Gasteiger charge is 2.59. The van der Waals surface area contributed by atoms with Crippen molar-refractivity contribution in [1.82, 2.24) is 0 Å². The highest BCUT2D eigenvalue weighted by molar-refractivity contribution is 5.82. The van der Waals surface area contributed by atoms with Crippen LogP contribution in [0.4, 0.5) is 17.6 Å². The summed E-state index contributed by atoms with van der Waals surface area (Å²) in [6, 6.07) is 0. The van der Waals surface area contributed by atoms with E-state index in [0.29, 0.717) is 37.0 Å². The highest BCUT2D eigenvalue weighted by Crippen LogP contribution is 2.57. The van der Waals surface area contributed by atoms with Crippen LogP contribution >= 0.6 is 0 Å². The molecule has 4 rings (SSSR count). The number of hydrogen-bond acceptors (Lipinski definition) is 6. The standard InChI is InChI=1S/C20H24F4O6/c1-2-15(25)28-3-4-29-16(26)19(21,22)11-20(23,24)17(27)30-18-8-12-5-13(9-18)7-14(6-12)10-18/h2,12-14H,1,3-11H2. The van der Waals surface area contributed by atoms with E-state index in [9.17, 15) is 31.9 Å². The second-order valence-corrected chi connectivity index (χ2v) is 8.58. The van der Waals surface area contributed by atoms with E-state index in [-0.39, 0.29) is 0 Å². The van der Waals surface area contributed by atoms with Crippen LogP contribution in [-0.2, 0) is 28.6 Å². The van der Waals surface area contributed by atoms with Crippen molar-refractivity contribution in [1.29, 1.82) is 0 Å². The van der Waals surface area contributed by atoms with Gasteiger partial charge in [0.15, 0.2) is 0 Å². The maximum atomic E-state index is 14.3. The Morgan fingerprint density at radius 2 is 1.33 bits per heavy atom. The minimum atomic E-state index is -4.62. The fraction of sp³-hybridized carbons (Fsp3) is 0.750. The number of alkyl halides is 4. The average molecular weight is 436 g/mol. The highest BCUT2D eigenvalue weighted by atomic mass is 19.3. The summed E-state index contributed by atoms with van der Waals surface area (Å²) >= 11 is 0. The topological polar surface area (TPSA) is 78.9 Å². The number of hydrogen-bond donors (Lipinski definition) is 0. The molecule has 0 atom stereocenters. The number of esters is 3. The Bertz CT molecular complexity index is 685. The minimum Gasteiger partial charge on any atom is -0.459 e. The first kappa shape index (κ1) is 22.6. The SMILES string of the molecule is C=CC(=O)OCCOC(=O)C(F)(F)CC(F)(F)C(=O)OC12CC3CC(CC(C3)C1)C2. The third-order valence-corrected chi connectivity index (χ3v) is 6.06. The van der Waals surface area contributed by atoms with Gasteiger partial charge in [0.25, 0.3) is 0 Å². The Kier molecular flexibility index (Phi) is 6.15. The number of carbonyl (C=O) groups excluding carboxylic acids is 3. The summed E-state index contributed by atoms with van der Waals surface area (Å²) in [4.78, 5) is 34.4. The van der Waals surface area contributed by atoms with Crippen LogP contribution in [0.2, 0.25) is 0 Å². The van der Waals surface area contributed by atoms with Gasteiger partial charge in [-0.25, -0.2) is 14.4 Å². The Hall–Kier alpha value is -2.13. The Balaban J connectivity index is 1.54. The summed E-state index contributed by atoms with van der Waals surface area (Å²) in [7, 11) is 0. The van der Waals surface area contributed by atoms with Crippen molar-refractivity contribution >= 4 is 17.9 Å². The Morgan fingerprint density at radius 1 is 0.867 bits per heavy atom. The molecular formula is C20H24F4O6. The lowest BCUT2D eigenvalue weighted by Gasteiger charge is -2.55. The molecule has 4 fully saturated rings. The van der Waals surface area contributed by atoms with Crippen LogP contribution in [0.25, 0.3) is 0 Å². The van der Waals surface area contributed by atoms with Gasteiger partial charge in [-0.1, -0.05) is 6.58 Å². The van der Waals surface area contributed by atoms with Gasteiger partial charge in [-0.3, -0.25) is 0 Å². The molecule has 0 saturated heterocycles. The fourth-order valence-electron chi connectivity index (χ4n) is 5.29. The maximum Gasteiger partial charge on any atom is 0.377 e. The van der Waals surface area contributed by atoms with Gasteiger partial charge in [0.05, 0.1) is 6.42 Å². The molecule has 6 nitrogen and oxygen atoms in total. The zero-order chi connectivity index (χ0) is 22.2. The molecule has 168 valence electrons. The lowest BCUT2D eigenvalue weighted by molar-refractivity contribution is -0.220. The van der Waals surface area contributed by atoms with E-state index in [1.54, 1.807) is 0 Å². The van der Waals surface area contributed by atoms with Crippen molar-refractivity contribution in [3.63, 3.8) is 0 Å². The summed E-state index contributed by atoms with van der Waals surface area (Å²) in [5, 5.41) is 0. The van der Waals surface area contributed by atoms with Crippen molar-refractivity contribution in [2.75, 3.05) is 13.2 Å². The van der Waals surface area contributed by atoms with Gasteiger partial charge in [-0.15, -0.1) is 0 Å². The molecule has 10 heteroatoms. The molecule has 0 aromatic rings. The van der Waals surface area contributed by atoms with Gasteiger partial charge < -0.3 is 14.2 Å². The van der Waals surface area contributed by atoms with Crippen LogP contribution < -0.4 is 0 Å². The first-order valence-electron chi connectivity index (χ1n) is 9.90. The number of carbonyl (C=O) groups is 3. The zero-order valence-electron chi connectivity index (χ0n) is 16.3. The third-order valence-electron chi connectivity index (χ3n) is 6.06. The summed E-state index contributed by atoms with van der Waals surface area (Å²) in [6.07, 6.45) is 2.84. The Morgan fingerprint density at radius 3 is 1.83 bits per heavy atom. The summed E-state index contributed by atoms with van der Waals surface area (Å²) in [5.74, 6) is -13.4. The maximum absolute atomic E-state index is 14.3. The molecule has 0 unspecified atom stereocenters. The first-order valence-corrected chi connectivity index (χ1v) is 9.90. The van der Waals surface area contributed by atoms with Crippen molar-refractivity contribution in [3.05, 3.63) is 12.7 Å². The summed E-state index contributed by atoms with van der Waals surface area (Å²) in [6.45, 7) is 1.81. The zero-order valence-corrected chi connectivity index (χ0v) is 16.3. The van der Waals surface area contributed by atoms with E-state index in [2.05, 4.69) is 16.1 Å². The second-order valence-electron chi connectivity index (χ2n) is 8.58. The van der Waals surface area contributed by atoms with Crippen LogP contribution in [0.3, 0.4) is 0 Å². The average Bonchev–Trinajstić information content (AvgIpc) is 2.62. The van der Waals surface area contributed by atoms with Crippen molar-refractivity contribution in [2.45, 2.75) is 62.4 Å². The number of rotatable bonds is 9. The van der Waals surface area contributed by atoms with E-state index in [0.717, 1.165) is 25.3 Å². The fourth-order valence-corrected chi connectivity index (χ4v) is 5.29. The van der Waals surface area contributed by atoms with Gasteiger partial charge in [0.1, 0.15) is 18.8 Å². The van der Waals surface area contributed by atoms with Crippen molar-refractivity contribution in [3.8, 4) is 0 Å². The lowest BCUT2D eigenvalue weighted by Crippen LogP contribution is -2.55. The van der Waals surface area contributed by atoms with Gasteiger partial charge in [0.2, 0.25) is 0 Å². The van der Waals surface area contributed by atoms with E-state index < -0.39 is 55.0 Å². The van der Waals surface area contributed by atoms with Crippen LogP contribution in [0, 0.1) is 17.8 Å². The van der Waals surface area contributed by atoms with E-state index >= 15 is 0 Å². The number of ether oxygens (including phenoxy) is 3. The molecule has 0 spiro atoms. The Labute approximate surface area is 170 Å². The molecule has 0 aliphatic heterocycles. The van der Waals surface area contributed by atoms with Gasteiger partial charge in [0, 0.05) is 6.08 Å². The van der Waals surface area contributed by atoms with E-state index in [1.807, 2.05) is 0 Å². The normalized spacial score (nSPS) is 29.9. The van der Waals surface area contributed by atoms with Crippen molar-refractivity contribution in [2.24, 2.45) is 17.8 Å². The number of halogens is 4. The van der Waals surface area contributed by atoms with Crippen LogP contribution in [0.1, 0.15) is 44.9 Å². The van der Waals surface area contributed by atoms with Gasteiger partial charge >= 0.3 is 29.8 Å². The largest absolute Gasteiger partial charge is 0.459 e. The molecule has 0 aromatic carbocycles. The van der Waals surface area contributed by atoms with Crippen LogP contribution in [0.5, 0.6) is 0 Å². The molecule has 30 heavy (non-hydrogen) atoms. The quantitative estimate of drug-likeness (QED) is 0.181. The molecule has 0 radical (unpaired) electrons. The smallest absolute Gasteiger partial charge is 0.377 e. The lowest BCUT2D eigenvalue weighted by atomic mass is 9.54. The molecule has 0 N–H and O–H groups in total. The molecule has 4 bridgehead atoms. The third kappa shape index (κ3) is 4.95. The predicted molar refractivity (Wildman–Crippen MR) is 93.6 cm³/mol. The summed E-state index contributed by atoms with van der Waals surface area (Å²) < 4.78 is 70.1. The monoisotopic (exact) mass is 436 g/mol. The molecule has 4 aliphatic rings. The molecule has 0 heterocycles. The van der Waals surface area contributed by atoms with Gasteiger partial charge in [-0.05, 0) is 56.3 Å².